The topological polar surface area (TPSA) is 96.2 Å². The van der Waals surface area contributed by atoms with Gasteiger partial charge in [-0.3, -0.25) is 9.36 Å². The summed E-state index contributed by atoms with van der Waals surface area (Å²) in [6.07, 6.45) is 5.24. The Balaban J connectivity index is 1.27. The van der Waals surface area contributed by atoms with Gasteiger partial charge < -0.3 is 15.3 Å². The Labute approximate surface area is 200 Å². The highest BCUT2D eigenvalue weighted by molar-refractivity contribution is 5.72. The second-order valence-electron chi connectivity index (χ2n) is 9.77. The number of fused-ring (bicyclic) bond motifs is 2. The molecule has 35 heavy (non-hydrogen) atoms. The van der Waals surface area contributed by atoms with Gasteiger partial charge in [-0.1, -0.05) is 6.07 Å². The highest BCUT2D eigenvalue weighted by Gasteiger charge is 2.48. The molecule has 2 saturated heterocycles. The summed E-state index contributed by atoms with van der Waals surface area (Å²) in [5.74, 6) is -0.00425. The molecule has 182 valence electrons. The molecule has 2 bridgehead atoms. The van der Waals surface area contributed by atoms with Crippen LogP contribution in [0.4, 0.5) is 14.6 Å². The van der Waals surface area contributed by atoms with Gasteiger partial charge in [-0.25, -0.2) is 9.37 Å². The number of aromatic nitrogens is 4. The average molecular weight is 481 g/mol. The molecule has 3 aliphatic rings. The quantitative estimate of drug-likeness (QED) is 0.542. The van der Waals surface area contributed by atoms with Crippen molar-refractivity contribution in [2.24, 2.45) is 7.05 Å². The molecule has 4 heterocycles. The van der Waals surface area contributed by atoms with Gasteiger partial charge in [0.2, 0.25) is 0 Å². The molecule has 2 aromatic heterocycles. The van der Waals surface area contributed by atoms with Gasteiger partial charge in [-0.15, -0.1) is 10.2 Å². The first-order valence-corrected chi connectivity index (χ1v) is 12.0. The third-order valence-corrected chi connectivity index (χ3v) is 7.44. The first-order chi connectivity index (χ1) is 16.9. The summed E-state index contributed by atoms with van der Waals surface area (Å²) in [6.45, 7) is 0. The Morgan fingerprint density at radius 1 is 1.11 bits per heavy atom. The number of phenols is 1. The van der Waals surface area contributed by atoms with E-state index in [-0.39, 0.29) is 29.7 Å². The third-order valence-electron chi connectivity index (χ3n) is 7.44. The van der Waals surface area contributed by atoms with E-state index in [1.165, 1.54) is 25.2 Å². The number of anilines is 1. The van der Waals surface area contributed by atoms with Crippen LogP contribution in [0.3, 0.4) is 0 Å². The normalized spacial score (nSPS) is 25.6. The Morgan fingerprint density at radius 3 is 2.63 bits per heavy atom. The first kappa shape index (κ1) is 22.1. The van der Waals surface area contributed by atoms with E-state index in [1.807, 2.05) is 0 Å². The highest BCUT2D eigenvalue weighted by atomic mass is 19.1. The number of hydrogen-bond acceptors (Lipinski definition) is 7. The first-order valence-electron chi connectivity index (χ1n) is 12.0. The van der Waals surface area contributed by atoms with Crippen LogP contribution in [0, 0.1) is 5.95 Å². The van der Waals surface area contributed by atoms with Crippen molar-refractivity contribution in [3.05, 3.63) is 52.8 Å². The van der Waals surface area contributed by atoms with Gasteiger partial charge in [0.15, 0.2) is 17.6 Å². The van der Waals surface area contributed by atoms with E-state index in [0.717, 1.165) is 36.7 Å². The molecule has 1 aliphatic carbocycles. The average Bonchev–Trinajstić information content (AvgIpc) is 3.60. The van der Waals surface area contributed by atoms with Gasteiger partial charge in [0.1, 0.15) is 11.9 Å². The highest BCUT2D eigenvalue weighted by Crippen LogP contribution is 2.40. The molecule has 3 fully saturated rings. The number of pyridine rings is 1. The lowest BCUT2D eigenvalue weighted by Crippen LogP contribution is -2.57. The molecular weight excluding hydrogens is 454 g/mol. The molecule has 6 rings (SSSR count). The molecule has 0 spiro atoms. The molecule has 10 heteroatoms. The molecule has 4 atom stereocenters. The molecule has 0 unspecified atom stereocenters. The van der Waals surface area contributed by atoms with Crippen molar-refractivity contribution < 1.29 is 13.9 Å². The third kappa shape index (κ3) is 3.95. The van der Waals surface area contributed by atoms with Crippen molar-refractivity contribution in [3.63, 3.8) is 0 Å². The van der Waals surface area contributed by atoms with Crippen LogP contribution in [-0.4, -0.2) is 55.2 Å². The lowest BCUT2D eigenvalue weighted by Gasteiger charge is -2.40. The standard InChI is InChI=1S/C25H26F2N6O2/c1-32-21(26)9-14(10-23(32)35)13-2-6-17(20(34)8-13)25-28-12-22(30-31-25)33(16-4-5-16)19-11-15-3-7-18(29-15)24(19)27/h2,6,8-10,12,15-16,18-19,24,29,34H,3-5,7,11H2,1H3/t15-,18+,19-,24+/m0/s1. The summed E-state index contributed by atoms with van der Waals surface area (Å²) >= 11 is 0. The van der Waals surface area contributed by atoms with E-state index >= 15 is 4.39 Å². The minimum atomic E-state index is -0.966. The number of nitrogens with one attached hydrogen (secondary N) is 1. The van der Waals surface area contributed by atoms with Gasteiger partial charge >= 0.3 is 0 Å². The zero-order valence-corrected chi connectivity index (χ0v) is 19.2. The number of rotatable bonds is 5. The number of nitrogens with zero attached hydrogens (tertiary/aromatic N) is 5. The number of hydrogen-bond donors (Lipinski definition) is 2. The van der Waals surface area contributed by atoms with Gasteiger partial charge in [-0.2, -0.15) is 4.39 Å². The maximum absolute atomic E-state index is 15.3. The van der Waals surface area contributed by atoms with Crippen LogP contribution >= 0.6 is 0 Å². The van der Waals surface area contributed by atoms with Gasteiger partial charge in [0.05, 0.1) is 17.8 Å². The van der Waals surface area contributed by atoms with E-state index in [9.17, 15) is 14.3 Å². The number of alkyl halides is 1. The van der Waals surface area contributed by atoms with Crippen LogP contribution in [-0.2, 0) is 7.05 Å². The van der Waals surface area contributed by atoms with Crippen molar-refractivity contribution in [3.8, 4) is 28.3 Å². The smallest absolute Gasteiger partial charge is 0.253 e. The zero-order chi connectivity index (χ0) is 24.3. The predicted octanol–water partition coefficient (Wildman–Crippen LogP) is 2.95. The molecule has 2 aliphatic heterocycles. The van der Waals surface area contributed by atoms with Crippen molar-refractivity contribution in [1.82, 2.24) is 25.1 Å². The van der Waals surface area contributed by atoms with E-state index in [4.69, 9.17) is 0 Å². The number of halogens is 2. The predicted molar refractivity (Wildman–Crippen MR) is 126 cm³/mol. The SMILES string of the molecule is Cn1c(F)cc(-c2ccc(-c3ncc(N(C4CC4)[C@H]4C[C@@H]5CC[C@@H](N5)[C@H]4F)nn3)c(O)c2)cc1=O. The van der Waals surface area contributed by atoms with Crippen LogP contribution in [0.2, 0.25) is 0 Å². The summed E-state index contributed by atoms with van der Waals surface area (Å²) in [7, 11) is 1.35. The maximum Gasteiger partial charge on any atom is 0.253 e. The monoisotopic (exact) mass is 480 g/mol. The molecule has 0 radical (unpaired) electrons. The molecule has 2 N–H and O–H groups in total. The molecule has 1 aromatic carbocycles. The van der Waals surface area contributed by atoms with Crippen molar-refractivity contribution in [2.45, 2.75) is 62.4 Å². The minimum Gasteiger partial charge on any atom is -0.507 e. The molecule has 3 aromatic rings. The Kier molecular flexibility index (Phi) is 5.28. The fourth-order valence-corrected chi connectivity index (χ4v) is 5.40. The summed E-state index contributed by atoms with van der Waals surface area (Å²) < 4.78 is 30.1. The number of benzene rings is 1. The van der Waals surface area contributed by atoms with E-state index in [0.29, 0.717) is 28.6 Å². The van der Waals surface area contributed by atoms with Crippen molar-refractivity contribution in [2.75, 3.05) is 4.90 Å². The summed E-state index contributed by atoms with van der Waals surface area (Å²) in [5.41, 5.74) is 0.725. The Morgan fingerprint density at radius 2 is 1.94 bits per heavy atom. The Bertz CT molecular complexity index is 1330. The van der Waals surface area contributed by atoms with E-state index < -0.39 is 17.7 Å². The molecule has 0 amide bonds. The number of phenolic OH excluding ortho intramolecular Hbond substituents is 1. The fraction of sp³-hybridized carbons (Fsp3) is 0.440. The Hall–Kier alpha value is -3.40. The van der Waals surface area contributed by atoms with Crippen LogP contribution in [0.5, 0.6) is 5.75 Å². The second-order valence-corrected chi connectivity index (χ2v) is 9.77. The zero-order valence-electron chi connectivity index (χ0n) is 19.2. The van der Waals surface area contributed by atoms with Crippen LogP contribution in [0.25, 0.3) is 22.5 Å². The maximum atomic E-state index is 15.3. The molecular formula is C25H26F2N6O2. The van der Waals surface area contributed by atoms with Gasteiger partial charge in [0, 0.05) is 31.2 Å². The largest absolute Gasteiger partial charge is 0.507 e. The van der Waals surface area contributed by atoms with Crippen LogP contribution in [0.1, 0.15) is 32.1 Å². The summed E-state index contributed by atoms with van der Waals surface area (Å²) in [4.78, 5) is 18.4. The van der Waals surface area contributed by atoms with Gasteiger partial charge in [-0.05, 0) is 61.4 Å². The lowest BCUT2D eigenvalue weighted by atomic mass is 9.96. The summed E-state index contributed by atoms with van der Waals surface area (Å²) in [5, 5.41) is 22.6. The van der Waals surface area contributed by atoms with E-state index in [2.05, 4.69) is 25.4 Å². The summed E-state index contributed by atoms with van der Waals surface area (Å²) in [6, 6.07) is 7.51. The fourth-order valence-electron chi connectivity index (χ4n) is 5.40. The van der Waals surface area contributed by atoms with Crippen LogP contribution in [0.15, 0.2) is 41.3 Å². The van der Waals surface area contributed by atoms with Crippen molar-refractivity contribution >= 4 is 5.82 Å². The molecule has 1 saturated carbocycles. The number of aromatic hydroxyl groups is 1. The van der Waals surface area contributed by atoms with Crippen molar-refractivity contribution in [1.29, 1.82) is 0 Å². The van der Waals surface area contributed by atoms with Crippen LogP contribution < -0.4 is 15.8 Å². The minimum absolute atomic E-state index is 0.103. The number of piperidine rings is 1. The van der Waals surface area contributed by atoms with Gasteiger partial charge in [0.25, 0.3) is 5.56 Å². The lowest BCUT2D eigenvalue weighted by molar-refractivity contribution is 0.171. The van der Waals surface area contributed by atoms with E-state index in [1.54, 1.807) is 18.3 Å². The molecule has 8 nitrogen and oxygen atoms in total. The second kappa shape index (κ2) is 8.37.